The molecule has 1 N–H and O–H groups in total. The van der Waals surface area contributed by atoms with Crippen LogP contribution in [0.15, 0.2) is 18.7 Å². The number of likely N-dealkylation sites (tertiary alicyclic amines) is 1. The van der Waals surface area contributed by atoms with Crippen LogP contribution in [0.1, 0.15) is 32.1 Å². The molecule has 106 valence electrons. The fourth-order valence-electron chi connectivity index (χ4n) is 3.56. The molecular formula is C14H20N6. The van der Waals surface area contributed by atoms with Gasteiger partial charge < -0.3 is 5.32 Å². The van der Waals surface area contributed by atoms with Gasteiger partial charge in [-0.3, -0.25) is 9.30 Å². The SMILES string of the molecule is c1cn2cnnc2c(N[C@@H]2CCN(C3CCCC3)C2)n1. The fourth-order valence-corrected chi connectivity index (χ4v) is 3.56. The maximum absolute atomic E-state index is 4.41. The Balaban J connectivity index is 1.46. The van der Waals surface area contributed by atoms with Crippen molar-refractivity contribution in [3.05, 3.63) is 18.7 Å². The first kappa shape index (κ1) is 12.1. The fraction of sp³-hybridized carbons (Fsp3) is 0.643. The molecule has 1 aliphatic carbocycles. The zero-order chi connectivity index (χ0) is 13.4. The minimum absolute atomic E-state index is 0.478. The van der Waals surface area contributed by atoms with Gasteiger partial charge in [0, 0.05) is 37.6 Å². The Morgan fingerprint density at radius 1 is 1.20 bits per heavy atom. The van der Waals surface area contributed by atoms with Gasteiger partial charge in [-0.1, -0.05) is 12.8 Å². The Morgan fingerprint density at radius 3 is 3.00 bits per heavy atom. The molecule has 0 bridgehead atoms. The van der Waals surface area contributed by atoms with Crippen LogP contribution in [-0.4, -0.2) is 49.7 Å². The van der Waals surface area contributed by atoms with Gasteiger partial charge >= 0.3 is 0 Å². The second-order valence-electron chi connectivity index (χ2n) is 5.90. The first-order chi connectivity index (χ1) is 9.90. The summed E-state index contributed by atoms with van der Waals surface area (Å²) in [5.41, 5.74) is 0.812. The van der Waals surface area contributed by atoms with Crippen LogP contribution >= 0.6 is 0 Å². The topological polar surface area (TPSA) is 58.4 Å². The monoisotopic (exact) mass is 272 g/mol. The molecule has 0 radical (unpaired) electrons. The Kier molecular flexibility index (Phi) is 3.03. The van der Waals surface area contributed by atoms with Crippen molar-refractivity contribution in [2.45, 2.75) is 44.2 Å². The molecule has 0 spiro atoms. The van der Waals surface area contributed by atoms with Crippen LogP contribution in [-0.2, 0) is 0 Å². The average Bonchev–Trinajstić information content (AvgIpc) is 3.20. The number of rotatable bonds is 3. The summed E-state index contributed by atoms with van der Waals surface area (Å²) in [7, 11) is 0. The Morgan fingerprint density at radius 2 is 2.10 bits per heavy atom. The molecule has 20 heavy (non-hydrogen) atoms. The standard InChI is InChI=1S/C14H20N6/c1-2-4-12(3-1)19-7-5-11(9-19)17-13-14-18-16-10-20(14)8-6-15-13/h6,8,10-12H,1-5,7,9H2,(H,15,17)/t11-/m1/s1. The van der Waals surface area contributed by atoms with Crippen LogP contribution in [0.2, 0.25) is 0 Å². The predicted molar refractivity (Wildman–Crippen MR) is 76.6 cm³/mol. The van der Waals surface area contributed by atoms with Crippen molar-refractivity contribution >= 4 is 11.5 Å². The molecule has 2 aromatic heterocycles. The number of hydrogen-bond acceptors (Lipinski definition) is 5. The summed E-state index contributed by atoms with van der Waals surface area (Å²) in [4.78, 5) is 7.06. The van der Waals surface area contributed by atoms with E-state index < -0.39 is 0 Å². The van der Waals surface area contributed by atoms with Crippen molar-refractivity contribution in [3.63, 3.8) is 0 Å². The van der Waals surface area contributed by atoms with Gasteiger partial charge in [0.25, 0.3) is 0 Å². The molecule has 0 amide bonds. The molecule has 0 aromatic carbocycles. The third-order valence-corrected chi connectivity index (χ3v) is 4.62. The van der Waals surface area contributed by atoms with Gasteiger partial charge in [-0.05, 0) is 19.3 Å². The zero-order valence-corrected chi connectivity index (χ0v) is 11.6. The highest BCUT2D eigenvalue weighted by molar-refractivity contribution is 5.61. The largest absolute Gasteiger partial charge is 0.363 e. The molecule has 1 saturated heterocycles. The van der Waals surface area contributed by atoms with Crippen molar-refractivity contribution in [1.82, 2.24) is 24.5 Å². The lowest BCUT2D eigenvalue weighted by atomic mass is 10.2. The van der Waals surface area contributed by atoms with Crippen molar-refractivity contribution in [2.75, 3.05) is 18.4 Å². The summed E-state index contributed by atoms with van der Waals surface area (Å²) in [6.07, 6.45) is 12.1. The molecule has 1 atom stereocenters. The van der Waals surface area contributed by atoms with Gasteiger partial charge in [0.05, 0.1) is 0 Å². The maximum atomic E-state index is 4.41. The van der Waals surface area contributed by atoms with E-state index >= 15 is 0 Å². The highest BCUT2D eigenvalue weighted by Gasteiger charge is 2.30. The lowest BCUT2D eigenvalue weighted by Gasteiger charge is -2.23. The second-order valence-corrected chi connectivity index (χ2v) is 5.90. The first-order valence-corrected chi connectivity index (χ1v) is 7.55. The lowest BCUT2D eigenvalue weighted by molar-refractivity contribution is 0.245. The lowest BCUT2D eigenvalue weighted by Crippen LogP contribution is -2.33. The smallest absolute Gasteiger partial charge is 0.203 e. The van der Waals surface area contributed by atoms with E-state index in [-0.39, 0.29) is 0 Å². The molecule has 6 heteroatoms. The normalized spacial score (nSPS) is 24.7. The van der Waals surface area contributed by atoms with Gasteiger partial charge in [0.15, 0.2) is 5.82 Å². The van der Waals surface area contributed by atoms with Gasteiger partial charge in [0.1, 0.15) is 6.33 Å². The van der Waals surface area contributed by atoms with E-state index in [9.17, 15) is 0 Å². The Bertz CT molecular complexity index is 588. The quantitative estimate of drug-likeness (QED) is 0.918. The zero-order valence-electron chi connectivity index (χ0n) is 11.6. The van der Waals surface area contributed by atoms with E-state index in [0.717, 1.165) is 24.1 Å². The summed E-state index contributed by atoms with van der Waals surface area (Å²) >= 11 is 0. The molecule has 2 aliphatic rings. The van der Waals surface area contributed by atoms with Gasteiger partial charge in [-0.2, -0.15) is 0 Å². The highest BCUT2D eigenvalue weighted by Crippen LogP contribution is 2.27. The molecule has 4 rings (SSSR count). The molecular weight excluding hydrogens is 252 g/mol. The minimum Gasteiger partial charge on any atom is -0.363 e. The Hall–Kier alpha value is -1.69. The van der Waals surface area contributed by atoms with Crippen molar-refractivity contribution in [2.24, 2.45) is 0 Å². The van der Waals surface area contributed by atoms with Crippen molar-refractivity contribution in [1.29, 1.82) is 0 Å². The number of fused-ring (bicyclic) bond motifs is 1. The summed E-state index contributed by atoms with van der Waals surface area (Å²) < 4.78 is 1.90. The van der Waals surface area contributed by atoms with E-state index in [0.29, 0.717) is 6.04 Å². The van der Waals surface area contributed by atoms with Crippen LogP contribution in [0.4, 0.5) is 5.82 Å². The summed E-state index contributed by atoms with van der Waals surface area (Å²) in [6.45, 7) is 2.33. The average molecular weight is 272 g/mol. The van der Waals surface area contributed by atoms with E-state index in [1.165, 1.54) is 38.6 Å². The van der Waals surface area contributed by atoms with Crippen molar-refractivity contribution in [3.8, 4) is 0 Å². The molecule has 0 unspecified atom stereocenters. The number of nitrogens with zero attached hydrogens (tertiary/aromatic N) is 5. The molecule has 1 aliphatic heterocycles. The number of anilines is 1. The van der Waals surface area contributed by atoms with Crippen LogP contribution < -0.4 is 5.32 Å². The maximum Gasteiger partial charge on any atom is 0.203 e. The van der Waals surface area contributed by atoms with Gasteiger partial charge in [-0.15, -0.1) is 10.2 Å². The molecule has 1 saturated carbocycles. The van der Waals surface area contributed by atoms with Crippen LogP contribution in [0.5, 0.6) is 0 Å². The first-order valence-electron chi connectivity index (χ1n) is 7.55. The summed E-state index contributed by atoms with van der Waals surface area (Å²) in [6, 6.07) is 1.30. The van der Waals surface area contributed by atoms with Crippen molar-refractivity contribution < 1.29 is 0 Å². The summed E-state index contributed by atoms with van der Waals surface area (Å²) in [5.74, 6) is 0.850. The number of aromatic nitrogens is 4. The third-order valence-electron chi connectivity index (χ3n) is 4.62. The second kappa shape index (κ2) is 5.01. The van der Waals surface area contributed by atoms with Crippen LogP contribution in [0.25, 0.3) is 5.65 Å². The summed E-state index contributed by atoms with van der Waals surface area (Å²) in [5, 5.41) is 11.6. The predicted octanol–water partition coefficient (Wildman–Crippen LogP) is 1.55. The number of hydrogen-bond donors (Lipinski definition) is 1. The Labute approximate surface area is 118 Å². The van der Waals surface area contributed by atoms with E-state index in [1.807, 2.05) is 10.6 Å². The molecule has 3 heterocycles. The molecule has 6 nitrogen and oxygen atoms in total. The minimum atomic E-state index is 0.478. The van der Waals surface area contributed by atoms with E-state index in [1.54, 1.807) is 12.5 Å². The number of nitrogens with one attached hydrogen (secondary N) is 1. The van der Waals surface area contributed by atoms with Gasteiger partial charge in [0.2, 0.25) is 5.65 Å². The molecule has 2 fully saturated rings. The van der Waals surface area contributed by atoms with Crippen LogP contribution in [0, 0.1) is 0 Å². The van der Waals surface area contributed by atoms with Crippen LogP contribution in [0.3, 0.4) is 0 Å². The van der Waals surface area contributed by atoms with E-state index in [4.69, 9.17) is 0 Å². The van der Waals surface area contributed by atoms with E-state index in [2.05, 4.69) is 25.4 Å². The third kappa shape index (κ3) is 2.14. The highest BCUT2D eigenvalue weighted by atomic mass is 15.3. The molecule has 2 aromatic rings. The van der Waals surface area contributed by atoms with Gasteiger partial charge in [-0.25, -0.2) is 4.98 Å².